The average Bonchev–Trinajstić information content (AvgIpc) is 2.50. The van der Waals surface area contributed by atoms with Crippen molar-refractivity contribution in [3.05, 3.63) is 39.0 Å². The van der Waals surface area contributed by atoms with Crippen LogP contribution in [0.1, 0.15) is 12.8 Å². The van der Waals surface area contributed by atoms with E-state index >= 15 is 0 Å². The zero-order chi connectivity index (χ0) is 15.0. The number of hydrogen-bond donors (Lipinski definition) is 2. The predicted molar refractivity (Wildman–Crippen MR) is 80.7 cm³/mol. The van der Waals surface area contributed by atoms with Gasteiger partial charge < -0.3 is 10.4 Å². The monoisotopic (exact) mass is 289 g/mol. The van der Waals surface area contributed by atoms with Gasteiger partial charge in [0.2, 0.25) is 0 Å². The van der Waals surface area contributed by atoms with Crippen LogP contribution in [0, 0.1) is 5.92 Å². The maximum Gasteiger partial charge on any atom is 0.331 e. The smallest absolute Gasteiger partial charge is 0.331 e. The summed E-state index contributed by atoms with van der Waals surface area (Å²) in [5.41, 5.74) is -0.148. The van der Waals surface area contributed by atoms with E-state index in [0.29, 0.717) is 23.4 Å². The Morgan fingerprint density at radius 3 is 2.90 bits per heavy atom. The van der Waals surface area contributed by atoms with Gasteiger partial charge in [0.25, 0.3) is 5.56 Å². The molecule has 6 nitrogen and oxygen atoms in total. The SMILES string of the molecule is Cn1c(=O)n(CC2CCCNC2)c(=O)c2ccc(O)cc21. The highest BCUT2D eigenvalue weighted by Gasteiger charge is 2.18. The van der Waals surface area contributed by atoms with E-state index in [2.05, 4.69) is 5.32 Å². The Labute approximate surface area is 121 Å². The minimum Gasteiger partial charge on any atom is -0.508 e. The summed E-state index contributed by atoms with van der Waals surface area (Å²) in [6.45, 7) is 2.28. The molecule has 21 heavy (non-hydrogen) atoms. The number of aryl methyl sites for hydroxylation is 1. The molecule has 1 unspecified atom stereocenters. The molecule has 2 N–H and O–H groups in total. The summed E-state index contributed by atoms with van der Waals surface area (Å²) in [7, 11) is 1.62. The van der Waals surface area contributed by atoms with Gasteiger partial charge in [-0.15, -0.1) is 0 Å². The first kappa shape index (κ1) is 13.9. The molecule has 0 saturated carbocycles. The molecule has 2 aromatic rings. The first-order chi connectivity index (χ1) is 10.1. The number of piperidine rings is 1. The summed E-state index contributed by atoms with van der Waals surface area (Å²) in [6.07, 6.45) is 2.09. The third-order valence-electron chi connectivity index (χ3n) is 4.18. The van der Waals surface area contributed by atoms with Crippen molar-refractivity contribution >= 4 is 10.9 Å². The van der Waals surface area contributed by atoms with Gasteiger partial charge in [-0.1, -0.05) is 0 Å². The Morgan fingerprint density at radius 1 is 1.38 bits per heavy atom. The number of rotatable bonds is 2. The van der Waals surface area contributed by atoms with E-state index in [-0.39, 0.29) is 17.0 Å². The van der Waals surface area contributed by atoms with Crippen LogP contribution < -0.4 is 16.6 Å². The number of hydrogen-bond acceptors (Lipinski definition) is 4. The lowest BCUT2D eigenvalue weighted by Gasteiger charge is -2.23. The largest absolute Gasteiger partial charge is 0.508 e. The lowest BCUT2D eigenvalue weighted by atomic mass is 10.00. The van der Waals surface area contributed by atoms with Crippen molar-refractivity contribution in [2.45, 2.75) is 19.4 Å². The van der Waals surface area contributed by atoms with Crippen LogP contribution in [0.25, 0.3) is 10.9 Å². The van der Waals surface area contributed by atoms with Gasteiger partial charge in [0.05, 0.1) is 10.9 Å². The highest BCUT2D eigenvalue weighted by Crippen LogP contribution is 2.16. The quantitative estimate of drug-likeness (QED) is 0.839. The molecule has 1 aromatic carbocycles. The van der Waals surface area contributed by atoms with Crippen molar-refractivity contribution in [3.63, 3.8) is 0 Å². The molecule has 1 aliphatic heterocycles. The molecule has 1 saturated heterocycles. The lowest BCUT2D eigenvalue weighted by Crippen LogP contribution is -2.43. The fourth-order valence-electron chi connectivity index (χ4n) is 2.99. The van der Waals surface area contributed by atoms with E-state index in [0.717, 1.165) is 25.9 Å². The first-order valence-electron chi connectivity index (χ1n) is 7.21. The van der Waals surface area contributed by atoms with E-state index in [9.17, 15) is 14.7 Å². The number of aromatic hydroxyl groups is 1. The normalized spacial score (nSPS) is 19.0. The van der Waals surface area contributed by atoms with E-state index in [1.807, 2.05) is 0 Å². The maximum atomic E-state index is 12.5. The second-order valence-corrected chi connectivity index (χ2v) is 5.67. The van der Waals surface area contributed by atoms with E-state index in [1.165, 1.54) is 21.3 Å². The van der Waals surface area contributed by atoms with Crippen molar-refractivity contribution in [3.8, 4) is 5.75 Å². The molecular weight excluding hydrogens is 270 g/mol. The third kappa shape index (κ3) is 2.47. The Kier molecular flexibility index (Phi) is 3.55. The van der Waals surface area contributed by atoms with Crippen molar-refractivity contribution in [1.29, 1.82) is 0 Å². The molecule has 3 rings (SSSR count). The van der Waals surface area contributed by atoms with Crippen molar-refractivity contribution in [1.82, 2.24) is 14.5 Å². The number of phenolic OH excluding ortho intramolecular Hbond substituents is 1. The number of nitrogens with one attached hydrogen (secondary N) is 1. The maximum absolute atomic E-state index is 12.5. The van der Waals surface area contributed by atoms with Gasteiger partial charge in [0.15, 0.2) is 0 Å². The summed E-state index contributed by atoms with van der Waals surface area (Å²) >= 11 is 0. The predicted octanol–water partition coefficient (Wildman–Crippen LogP) is 0.405. The Morgan fingerprint density at radius 2 is 2.19 bits per heavy atom. The van der Waals surface area contributed by atoms with Crippen LogP contribution in [0.2, 0.25) is 0 Å². The summed E-state index contributed by atoms with van der Waals surface area (Å²) in [5, 5.41) is 13.3. The van der Waals surface area contributed by atoms with E-state index in [1.54, 1.807) is 13.1 Å². The second kappa shape index (κ2) is 5.37. The molecule has 0 radical (unpaired) electrons. The minimum atomic E-state index is -0.330. The molecule has 0 bridgehead atoms. The van der Waals surface area contributed by atoms with Crippen LogP contribution in [-0.2, 0) is 13.6 Å². The summed E-state index contributed by atoms with van der Waals surface area (Å²) in [5.74, 6) is 0.352. The van der Waals surface area contributed by atoms with Crippen molar-refractivity contribution < 1.29 is 5.11 Å². The van der Waals surface area contributed by atoms with Gasteiger partial charge in [-0.3, -0.25) is 13.9 Å². The second-order valence-electron chi connectivity index (χ2n) is 5.67. The Balaban J connectivity index is 2.12. The summed E-state index contributed by atoms with van der Waals surface area (Å²) in [4.78, 5) is 24.9. The fourth-order valence-corrected chi connectivity index (χ4v) is 2.99. The minimum absolute atomic E-state index is 0.0473. The number of phenols is 1. The van der Waals surface area contributed by atoms with Gasteiger partial charge in [0.1, 0.15) is 5.75 Å². The standard InChI is InChI=1S/C15H19N3O3/c1-17-13-7-11(19)4-5-12(13)14(20)18(15(17)21)9-10-3-2-6-16-8-10/h4-5,7,10,16,19H,2-3,6,8-9H2,1H3. The van der Waals surface area contributed by atoms with Gasteiger partial charge in [-0.25, -0.2) is 4.79 Å². The first-order valence-corrected chi connectivity index (χ1v) is 7.21. The van der Waals surface area contributed by atoms with Crippen LogP contribution in [-0.4, -0.2) is 27.3 Å². The number of fused-ring (bicyclic) bond motifs is 1. The van der Waals surface area contributed by atoms with Gasteiger partial charge >= 0.3 is 5.69 Å². The molecule has 0 aliphatic carbocycles. The molecule has 2 heterocycles. The number of benzene rings is 1. The summed E-state index contributed by atoms with van der Waals surface area (Å²) < 4.78 is 2.74. The third-order valence-corrected chi connectivity index (χ3v) is 4.18. The molecule has 1 atom stereocenters. The highest BCUT2D eigenvalue weighted by molar-refractivity contribution is 5.79. The van der Waals surface area contributed by atoms with Gasteiger partial charge in [-0.2, -0.15) is 0 Å². The van der Waals surface area contributed by atoms with Crippen molar-refractivity contribution in [2.75, 3.05) is 13.1 Å². The molecule has 1 fully saturated rings. The highest BCUT2D eigenvalue weighted by atomic mass is 16.3. The lowest BCUT2D eigenvalue weighted by molar-refractivity contribution is 0.327. The Bertz CT molecular complexity index is 785. The fraction of sp³-hybridized carbons (Fsp3) is 0.467. The van der Waals surface area contributed by atoms with Gasteiger partial charge in [-0.05, 0) is 44.0 Å². The molecule has 6 heteroatoms. The molecule has 1 aromatic heterocycles. The number of nitrogens with zero attached hydrogens (tertiary/aromatic N) is 2. The van der Waals surface area contributed by atoms with E-state index < -0.39 is 0 Å². The van der Waals surface area contributed by atoms with Crippen LogP contribution in [0.4, 0.5) is 0 Å². The Hall–Kier alpha value is -2.08. The molecule has 1 aliphatic rings. The molecule has 0 spiro atoms. The molecule has 0 amide bonds. The average molecular weight is 289 g/mol. The molecule has 112 valence electrons. The van der Waals surface area contributed by atoms with Crippen LogP contribution >= 0.6 is 0 Å². The summed E-state index contributed by atoms with van der Waals surface area (Å²) in [6, 6.07) is 4.49. The van der Waals surface area contributed by atoms with Crippen LogP contribution in [0.3, 0.4) is 0 Å². The van der Waals surface area contributed by atoms with Gasteiger partial charge in [0, 0.05) is 19.7 Å². The van der Waals surface area contributed by atoms with E-state index in [4.69, 9.17) is 0 Å². The topological polar surface area (TPSA) is 76.3 Å². The van der Waals surface area contributed by atoms with Crippen LogP contribution in [0.15, 0.2) is 27.8 Å². The molecular formula is C15H19N3O3. The zero-order valence-corrected chi connectivity index (χ0v) is 12.0. The van der Waals surface area contributed by atoms with Crippen molar-refractivity contribution in [2.24, 2.45) is 13.0 Å². The number of aromatic nitrogens is 2. The van der Waals surface area contributed by atoms with Crippen LogP contribution in [0.5, 0.6) is 5.75 Å². The zero-order valence-electron chi connectivity index (χ0n) is 12.0.